The Morgan fingerprint density at radius 3 is 2.50 bits per heavy atom. The van der Waals surface area contributed by atoms with Crippen molar-refractivity contribution in [2.75, 3.05) is 6.54 Å². The van der Waals surface area contributed by atoms with E-state index < -0.39 is 10.0 Å². The highest BCUT2D eigenvalue weighted by molar-refractivity contribution is 7.89. The van der Waals surface area contributed by atoms with Crippen LogP contribution >= 0.6 is 0 Å². The molecule has 0 heterocycles. The molecule has 1 amide bonds. The predicted octanol–water partition coefficient (Wildman–Crippen LogP) is 2.78. The van der Waals surface area contributed by atoms with E-state index in [-0.39, 0.29) is 16.8 Å². The molecule has 2 rings (SSSR count). The quantitative estimate of drug-likeness (QED) is 0.844. The molecule has 2 N–H and O–H groups in total. The van der Waals surface area contributed by atoms with Crippen LogP contribution < -0.4 is 10.0 Å². The lowest BCUT2D eigenvalue weighted by Crippen LogP contribution is -2.28. The third-order valence-corrected chi connectivity index (χ3v) is 5.29. The van der Waals surface area contributed by atoms with Crippen molar-refractivity contribution in [3.8, 4) is 0 Å². The first kappa shape index (κ1) is 18.2. The van der Waals surface area contributed by atoms with Gasteiger partial charge in [0.25, 0.3) is 5.91 Å². The monoisotopic (exact) mass is 346 g/mol. The first-order chi connectivity index (χ1) is 11.3. The second-order valence-corrected chi connectivity index (χ2v) is 7.35. The van der Waals surface area contributed by atoms with Gasteiger partial charge >= 0.3 is 0 Å². The van der Waals surface area contributed by atoms with E-state index in [4.69, 9.17) is 0 Å². The van der Waals surface area contributed by atoms with Gasteiger partial charge in [0.1, 0.15) is 0 Å². The Labute approximate surface area is 143 Å². The summed E-state index contributed by atoms with van der Waals surface area (Å²) in [6, 6.07) is 13.7. The maximum absolute atomic E-state index is 12.5. The minimum atomic E-state index is -3.58. The van der Waals surface area contributed by atoms with Crippen molar-refractivity contribution in [1.82, 2.24) is 10.0 Å². The van der Waals surface area contributed by atoms with Gasteiger partial charge in [0, 0.05) is 12.1 Å². The smallest absolute Gasteiger partial charge is 0.251 e. The first-order valence-corrected chi connectivity index (χ1v) is 9.29. The third kappa shape index (κ3) is 4.21. The predicted molar refractivity (Wildman–Crippen MR) is 94.4 cm³/mol. The van der Waals surface area contributed by atoms with E-state index in [2.05, 4.69) is 10.0 Å². The molecule has 0 saturated heterocycles. The largest absolute Gasteiger partial charge is 0.346 e. The maximum atomic E-state index is 12.5. The van der Waals surface area contributed by atoms with E-state index in [1.54, 1.807) is 19.1 Å². The van der Waals surface area contributed by atoms with Crippen LogP contribution in [0.2, 0.25) is 0 Å². The van der Waals surface area contributed by atoms with Crippen LogP contribution in [0, 0.1) is 6.92 Å². The van der Waals surface area contributed by atoms with Gasteiger partial charge in [-0.25, -0.2) is 13.1 Å². The number of rotatable bonds is 6. The highest BCUT2D eigenvalue weighted by atomic mass is 32.2. The van der Waals surface area contributed by atoms with Crippen molar-refractivity contribution < 1.29 is 13.2 Å². The van der Waals surface area contributed by atoms with Gasteiger partial charge in [0.05, 0.1) is 10.9 Å². The van der Waals surface area contributed by atoms with Crippen LogP contribution in [0.3, 0.4) is 0 Å². The van der Waals surface area contributed by atoms with Crippen molar-refractivity contribution in [3.63, 3.8) is 0 Å². The molecule has 0 spiro atoms. The number of carbonyl (C=O) groups excluding carboxylic acids is 1. The lowest BCUT2D eigenvalue weighted by molar-refractivity contribution is 0.0939. The Morgan fingerprint density at radius 2 is 1.83 bits per heavy atom. The summed E-state index contributed by atoms with van der Waals surface area (Å²) in [6.07, 6.45) is 0. The lowest BCUT2D eigenvalue weighted by atomic mass is 10.0. The van der Waals surface area contributed by atoms with Gasteiger partial charge in [-0.05, 0) is 43.2 Å². The molecule has 128 valence electrons. The highest BCUT2D eigenvalue weighted by Crippen LogP contribution is 2.18. The minimum Gasteiger partial charge on any atom is -0.346 e. The highest BCUT2D eigenvalue weighted by Gasteiger charge is 2.17. The van der Waals surface area contributed by atoms with Gasteiger partial charge in [0.15, 0.2) is 0 Å². The van der Waals surface area contributed by atoms with E-state index in [1.165, 1.54) is 12.1 Å². The Bertz CT molecular complexity index is 832. The number of amides is 1. The molecule has 0 saturated carbocycles. The summed E-state index contributed by atoms with van der Waals surface area (Å²) >= 11 is 0. The van der Waals surface area contributed by atoms with Gasteiger partial charge < -0.3 is 5.32 Å². The van der Waals surface area contributed by atoms with Crippen LogP contribution in [0.15, 0.2) is 53.4 Å². The van der Waals surface area contributed by atoms with Crippen LogP contribution in [-0.4, -0.2) is 20.9 Å². The zero-order valence-corrected chi connectivity index (χ0v) is 14.9. The second kappa shape index (κ2) is 7.59. The molecule has 0 radical (unpaired) electrons. The molecule has 1 atom stereocenters. The molecule has 0 aliphatic heterocycles. The zero-order chi connectivity index (χ0) is 17.7. The van der Waals surface area contributed by atoms with Gasteiger partial charge in [-0.1, -0.05) is 37.3 Å². The molecule has 2 aromatic rings. The molecule has 24 heavy (non-hydrogen) atoms. The molecule has 1 unspecified atom stereocenters. The maximum Gasteiger partial charge on any atom is 0.251 e. The van der Waals surface area contributed by atoms with E-state index in [9.17, 15) is 13.2 Å². The summed E-state index contributed by atoms with van der Waals surface area (Å²) in [6.45, 7) is 5.89. The Balaban J connectivity index is 2.20. The molecular weight excluding hydrogens is 324 g/mol. The van der Waals surface area contributed by atoms with Crippen LogP contribution in [0.5, 0.6) is 0 Å². The van der Waals surface area contributed by atoms with Crippen LogP contribution in [0.4, 0.5) is 0 Å². The molecular formula is C18H22N2O3S. The van der Waals surface area contributed by atoms with Gasteiger partial charge in [-0.3, -0.25) is 4.79 Å². The Morgan fingerprint density at radius 1 is 1.12 bits per heavy atom. The molecule has 0 bridgehead atoms. The summed E-state index contributed by atoms with van der Waals surface area (Å²) in [5.74, 6) is -0.306. The van der Waals surface area contributed by atoms with Gasteiger partial charge in [0.2, 0.25) is 10.0 Å². The normalized spacial score (nSPS) is 12.6. The van der Waals surface area contributed by atoms with E-state index >= 15 is 0 Å². The van der Waals surface area contributed by atoms with E-state index in [0.717, 1.165) is 11.1 Å². The fraction of sp³-hybridized carbons (Fsp3) is 0.278. The summed E-state index contributed by atoms with van der Waals surface area (Å²) in [4.78, 5) is 12.5. The molecule has 0 aliphatic rings. The fourth-order valence-electron chi connectivity index (χ4n) is 2.51. The van der Waals surface area contributed by atoms with Crippen molar-refractivity contribution in [2.24, 2.45) is 0 Å². The SMILES string of the molecule is CCNS(=O)(=O)c1cccc(C(=O)NC(C)c2ccccc2C)c1. The minimum absolute atomic E-state index is 0.0838. The topological polar surface area (TPSA) is 75.3 Å². The van der Waals surface area contributed by atoms with Gasteiger partial charge in [-0.2, -0.15) is 0 Å². The zero-order valence-electron chi connectivity index (χ0n) is 14.0. The third-order valence-electron chi connectivity index (χ3n) is 3.74. The number of benzene rings is 2. The molecule has 5 nitrogen and oxygen atoms in total. The number of hydrogen-bond donors (Lipinski definition) is 2. The molecule has 0 aromatic heterocycles. The van der Waals surface area contributed by atoms with Crippen LogP contribution in [0.25, 0.3) is 0 Å². The second-order valence-electron chi connectivity index (χ2n) is 5.58. The van der Waals surface area contributed by atoms with Crippen molar-refractivity contribution in [3.05, 3.63) is 65.2 Å². The van der Waals surface area contributed by atoms with Crippen LogP contribution in [0.1, 0.15) is 41.4 Å². The Hall–Kier alpha value is -2.18. The molecule has 2 aromatic carbocycles. The first-order valence-electron chi connectivity index (χ1n) is 7.81. The van der Waals surface area contributed by atoms with Crippen molar-refractivity contribution in [1.29, 1.82) is 0 Å². The van der Waals surface area contributed by atoms with E-state index in [0.29, 0.717) is 12.1 Å². The summed E-state index contributed by atoms with van der Waals surface area (Å²) in [7, 11) is -3.58. The average Bonchev–Trinajstić information content (AvgIpc) is 2.55. The van der Waals surface area contributed by atoms with Crippen molar-refractivity contribution in [2.45, 2.75) is 31.7 Å². The number of aryl methyl sites for hydroxylation is 1. The number of nitrogens with one attached hydrogen (secondary N) is 2. The summed E-state index contributed by atoms with van der Waals surface area (Å²) < 4.78 is 26.5. The number of hydrogen-bond acceptors (Lipinski definition) is 3. The number of carbonyl (C=O) groups is 1. The van der Waals surface area contributed by atoms with Gasteiger partial charge in [-0.15, -0.1) is 0 Å². The summed E-state index contributed by atoms with van der Waals surface area (Å²) in [5.41, 5.74) is 2.44. The molecule has 6 heteroatoms. The molecule has 0 fully saturated rings. The van der Waals surface area contributed by atoms with E-state index in [1.807, 2.05) is 38.1 Å². The van der Waals surface area contributed by atoms with Crippen LogP contribution in [-0.2, 0) is 10.0 Å². The number of sulfonamides is 1. The fourth-order valence-corrected chi connectivity index (χ4v) is 3.59. The van der Waals surface area contributed by atoms with Crippen molar-refractivity contribution >= 4 is 15.9 Å². The molecule has 0 aliphatic carbocycles. The summed E-state index contributed by atoms with van der Waals surface area (Å²) in [5, 5.41) is 2.91. The average molecular weight is 346 g/mol. The lowest BCUT2D eigenvalue weighted by Gasteiger charge is -2.17. The standard InChI is InChI=1S/C18H22N2O3S/c1-4-19-24(22,23)16-10-7-9-15(12-16)18(21)20-14(3)17-11-6-5-8-13(17)2/h5-12,14,19H,4H2,1-3H3,(H,20,21). The Kier molecular flexibility index (Phi) is 5.75.